The van der Waals surface area contributed by atoms with E-state index in [1.165, 1.54) is 67.0 Å². The molecule has 2 heterocycles. The number of aromatic nitrogens is 1. The molecule has 0 saturated carbocycles. The van der Waals surface area contributed by atoms with Crippen molar-refractivity contribution in [1.29, 1.82) is 0 Å². The van der Waals surface area contributed by atoms with Crippen LogP contribution in [0.2, 0.25) is 0 Å². The number of nitrogens with zero attached hydrogens (tertiary/aromatic N) is 2. The molecular formula is C46H44N2. The van der Waals surface area contributed by atoms with Crippen molar-refractivity contribution in [3.63, 3.8) is 0 Å². The van der Waals surface area contributed by atoms with Crippen LogP contribution >= 0.6 is 0 Å². The lowest BCUT2D eigenvalue weighted by atomic mass is 9.82. The third-order valence-corrected chi connectivity index (χ3v) is 9.57. The first kappa shape index (κ1) is 31.3. The Morgan fingerprint density at radius 1 is 0.583 bits per heavy atom. The van der Waals surface area contributed by atoms with E-state index in [9.17, 15) is 0 Å². The summed E-state index contributed by atoms with van der Waals surface area (Å²) in [4.78, 5) is 2.55. The minimum Gasteiger partial charge on any atom is -0.333 e. The van der Waals surface area contributed by atoms with Gasteiger partial charge in [0, 0.05) is 28.4 Å². The van der Waals surface area contributed by atoms with Crippen LogP contribution in [0.3, 0.4) is 0 Å². The molecule has 238 valence electrons. The molecule has 3 aliphatic rings. The molecule has 9 rings (SSSR count). The molecule has 0 N–H and O–H groups in total. The smallest absolute Gasteiger partial charge is 0.0637 e. The van der Waals surface area contributed by atoms with Gasteiger partial charge in [-0.1, -0.05) is 137 Å². The van der Waals surface area contributed by atoms with Crippen molar-refractivity contribution < 1.29 is 0 Å². The van der Waals surface area contributed by atoms with Crippen LogP contribution in [0.1, 0.15) is 68.8 Å². The Kier molecular flexibility index (Phi) is 8.99. The van der Waals surface area contributed by atoms with Crippen molar-refractivity contribution in [1.82, 2.24) is 4.57 Å². The lowest BCUT2D eigenvalue weighted by Crippen LogP contribution is -2.30. The maximum absolute atomic E-state index is 2.55. The van der Waals surface area contributed by atoms with Gasteiger partial charge in [-0.2, -0.15) is 0 Å². The highest BCUT2D eigenvalue weighted by Crippen LogP contribution is 2.53. The molecular weight excluding hydrogens is 581 g/mol. The fourth-order valence-electron chi connectivity index (χ4n) is 7.64. The minimum absolute atomic E-state index is 0.203. The molecule has 2 unspecified atom stereocenters. The summed E-state index contributed by atoms with van der Waals surface area (Å²) in [6.45, 7) is 8.00. The highest BCUT2D eigenvalue weighted by molar-refractivity contribution is 5.94. The Hall–Kier alpha value is -5.34. The molecule has 48 heavy (non-hydrogen) atoms. The second kappa shape index (κ2) is 13.8. The zero-order valence-corrected chi connectivity index (χ0v) is 28.5. The zero-order valence-electron chi connectivity index (χ0n) is 28.5. The fourth-order valence-corrected chi connectivity index (χ4v) is 7.64. The molecule has 0 spiro atoms. The predicted octanol–water partition coefficient (Wildman–Crippen LogP) is 12.8. The molecule has 2 aliphatic carbocycles. The maximum atomic E-state index is 2.55. The minimum atomic E-state index is 0.203. The standard InChI is InChI=1S/C42H32N2.2C2H6/c1-3-12-29(13-4-1)31-14-11-15-32(28-31)30-22-24-34(25-23-30)44-38-21-10-8-19-36(38)42-40(44)27-26-39-41(42)35-18-7-9-20-37(35)43(39)33-16-5-2-6-17-33;2*1-2/h2-3,5-28,40,42H,1,4H2;2*1-2H3. The van der Waals surface area contributed by atoms with E-state index in [0.717, 1.165) is 12.8 Å². The normalized spacial score (nSPS) is 16.9. The van der Waals surface area contributed by atoms with Crippen LogP contribution in [0.4, 0.5) is 11.4 Å². The summed E-state index contributed by atoms with van der Waals surface area (Å²) in [6, 6.07) is 47.0. The van der Waals surface area contributed by atoms with Gasteiger partial charge in [0.2, 0.25) is 0 Å². The van der Waals surface area contributed by atoms with Crippen molar-refractivity contribution in [2.24, 2.45) is 0 Å². The fraction of sp³-hybridized carbons (Fsp3) is 0.174. The van der Waals surface area contributed by atoms with Gasteiger partial charge in [0.1, 0.15) is 0 Å². The molecule has 2 nitrogen and oxygen atoms in total. The maximum Gasteiger partial charge on any atom is 0.0637 e. The number of para-hydroxylation sites is 3. The van der Waals surface area contributed by atoms with Crippen LogP contribution < -0.4 is 4.90 Å². The van der Waals surface area contributed by atoms with E-state index in [4.69, 9.17) is 0 Å². The summed E-state index contributed by atoms with van der Waals surface area (Å²) in [5, 5.41) is 1.33. The largest absolute Gasteiger partial charge is 0.333 e. The second-order valence-corrected chi connectivity index (χ2v) is 12.0. The lowest BCUT2D eigenvalue weighted by molar-refractivity contribution is 0.725. The van der Waals surface area contributed by atoms with Crippen molar-refractivity contribution in [3.05, 3.63) is 174 Å². The Labute approximate surface area is 286 Å². The summed E-state index contributed by atoms with van der Waals surface area (Å²) in [5.74, 6) is 0.245. The number of benzene rings is 5. The number of hydrogen-bond donors (Lipinski definition) is 0. The van der Waals surface area contributed by atoms with E-state index in [0.29, 0.717) is 0 Å². The number of rotatable bonds is 4. The first-order valence-electron chi connectivity index (χ1n) is 17.7. The molecule has 0 saturated heterocycles. The number of allylic oxidation sites excluding steroid dienone is 4. The highest BCUT2D eigenvalue weighted by Gasteiger charge is 2.43. The molecule has 2 heteroatoms. The molecule has 0 bridgehead atoms. The van der Waals surface area contributed by atoms with Crippen LogP contribution in [0.5, 0.6) is 0 Å². The van der Waals surface area contributed by atoms with Gasteiger partial charge in [-0.25, -0.2) is 0 Å². The van der Waals surface area contributed by atoms with Crippen LogP contribution in [0.15, 0.2) is 152 Å². The average molecular weight is 625 g/mol. The summed E-state index contributed by atoms with van der Waals surface area (Å²) in [6.07, 6.45) is 13.9. The van der Waals surface area contributed by atoms with Crippen molar-refractivity contribution in [2.45, 2.75) is 52.5 Å². The molecule has 0 radical (unpaired) electrons. The Balaban J connectivity index is 0.000000880. The van der Waals surface area contributed by atoms with Gasteiger partial charge in [0.25, 0.3) is 0 Å². The van der Waals surface area contributed by atoms with Gasteiger partial charge in [-0.3, -0.25) is 0 Å². The van der Waals surface area contributed by atoms with Gasteiger partial charge in [-0.05, 0) is 94.8 Å². The van der Waals surface area contributed by atoms with Gasteiger partial charge in [0.05, 0.1) is 17.3 Å². The summed E-state index contributed by atoms with van der Waals surface area (Å²) < 4.78 is 2.44. The summed E-state index contributed by atoms with van der Waals surface area (Å²) in [5.41, 5.74) is 14.2. The third kappa shape index (κ3) is 5.32. The number of hydrogen-bond acceptors (Lipinski definition) is 1. The molecule has 0 fully saturated rings. The van der Waals surface area contributed by atoms with Gasteiger partial charge in [0.15, 0.2) is 0 Å². The highest BCUT2D eigenvalue weighted by atomic mass is 15.2. The molecule has 6 aromatic rings. The van der Waals surface area contributed by atoms with Crippen molar-refractivity contribution in [2.75, 3.05) is 4.90 Å². The van der Waals surface area contributed by atoms with Gasteiger partial charge in [-0.15, -0.1) is 0 Å². The SMILES string of the molecule is C1=CC(c2cccc(-c3ccc(N4c5ccccc5C5c6c(n(-c7ccccc7)c7ccccc67)C=CC54)cc3)c2)=CCC1.CC.CC. The zero-order chi connectivity index (χ0) is 33.0. The summed E-state index contributed by atoms with van der Waals surface area (Å²) in [7, 11) is 0. The molecule has 1 aromatic heterocycles. The van der Waals surface area contributed by atoms with E-state index in [1.807, 2.05) is 27.7 Å². The molecule has 2 atom stereocenters. The average Bonchev–Trinajstić information content (AvgIpc) is 3.70. The van der Waals surface area contributed by atoms with Crippen LogP contribution in [0.25, 0.3) is 39.4 Å². The second-order valence-electron chi connectivity index (χ2n) is 12.0. The lowest BCUT2D eigenvalue weighted by Gasteiger charge is -2.31. The summed E-state index contributed by atoms with van der Waals surface area (Å²) >= 11 is 0. The number of anilines is 2. The van der Waals surface area contributed by atoms with E-state index >= 15 is 0 Å². The first-order chi connectivity index (χ1) is 23.8. The van der Waals surface area contributed by atoms with Crippen molar-refractivity contribution >= 4 is 33.9 Å². The van der Waals surface area contributed by atoms with E-state index < -0.39 is 0 Å². The molecule has 5 aromatic carbocycles. The topological polar surface area (TPSA) is 8.17 Å². The Morgan fingerprint density at radius 3 is 2.10 bits per heavy atom. The molecule has 1 aliphatic heterocycles. The van der Waals surface area contributed by atoms with Crippen molar-refractivity contribution in [3.8, 4) is 16.8 Å². The Bertz CT molecular complexity index is 2130. The third-order valence-electron chi connectivity index (χ3n) is 9.57. The molecule has 0 amide bonds. The predicted molar refractivity (Wildman–Crippen MR) is 207 cm³/mol. The van der Waals surface area contributed by atoms with Crippen LogP contribution in [-0.4, -0.2) is 10.6 Å². The quantitative estimate of drug-likeness (QED) is 0.189. The van der Waals surface area contributed by atoms with E-state index in [2.05, 4.69) is 167 Å². The van der Waals surface area contributed by atoms with Crippen LogP contribution in [0, 0.1) is 0 Å². The van der Waals surface area contributed by atoms with Gasteiger partial charge >= 0.3 is 0 Å². The van der Waals surface area contributed by atoms with Gasteiger partial charge < -0.3 is 9.47 Å². The van der Waals surface area contributed by atoms with E-state index in [1.54, 1.807) is 0 Å². The Morgan fingerprint density at radius 2 is 1.31 bits per heavy atom. The monoisotopic (exact) mass is 624 g/mol. The van der Waals surface area contributed by atoms with E-state index in [-0.39, 0.29) is 12.0 Å². The van der Waals surface area contributed by atoms with Crippen LogP contribution in [-0.2, 0) is 0 Å². The number of fused-ring (bicyclic) bond motifs is 7. The first-order valence-corrected chi connectivity index (χ1v) is 17.7.